The molecule has 0 N–H and O–H groups in total. The summed E-state index contributed by atoms with van der Waals surface area (Å²) in [6.45, 7) is 11.6. The molecule has 0 atom stereocenters. The van der Waals surface area contributed by atoms with E-state index >= 15 is 0 Å². The Kier molecular flexibility index (Phi) is 11.7. The van der Waals surface area contributed by atoms with Gasteiger partial charge in [0.1, 0.15) is 0 Å². The van der Waals surface area contributed by atoms with Crippen molar-refractivity contribution in [1.29, 1.82) is 0 Å². The maximum absolute atomic E-state index is 10.5. The molecule has 0 aliphatic heterocycles. The molecule has 0 aliphatic carbocycles. The highest BCUT2D eigenvalue weighted by molar-refractivity contribution is 5.68. The second-order valence-corrected chi connectivity index (χ2v) is 2.84. The second kappa shape index (κ2) is 10.2. The number of rotatable bonds is 3. The molecule has 0 unspecified atom stereocenters. The molecule has 0 amide bonds. The molecular formula is C10H20O2. The third-order valence-electron chi connectivity index (χ3n) is 0.866. The first-order chi connectivity index (χ1) is 5.58. The number of esters is 1. The third-order valence-corrected chi connectivity index (χ3v) is 0.866. The van der Waals surface area contributed by atoms with Gasteiger partial charge in [-0.3, -0.25) is 4.79 Å². The van der Waals surface area contributed by atoms with Gasteiger partial charge >= 0.3 is 5.97 Å². The van der Waals surface area contributed by atoms with Gasteiger partial charge in [0.25, 0.3) is 0 Å². The van der Waals surface area contributed by atoms with Crippen LogP contribution in [-0.4, -0.2) is 12.6 Å². The minimum atomic E-state index is -0.108. The van der Waals surface area contributed by atoms with Crippen LogP contribution in [0.25, 0.3) is 0 Å². The Morgan fingerprint density at radius 1 is 1.58 bits per heavy atom. The first kappa shape index (κ1) is 13.8. The van der Waals surface area contributed by atoms with Crippen LogP contribution in [0, 0.1) is 5.92 Å². The molecule has 0 aromatic heterocycles. The molecule has 0 bridgehead atoms. The number of hydrogen-bond acceptors (Lipinski definition) is 2. The van der Waals surface area contributed by atoms with Crippen molar-refractivity contribution in [2.45, 2.75) is 34.1 Å². The molecule has 12 heavy (non-hydrogen) atoms. The van der Waals surface area contributed by atoms with Crippen LogP contribution >= 0.6 is 0 Å². The summed E-state index contributed by atoms with van der Waals surface area (Å²) in [5.74, 6) is 0.337. The van der Waals surface area contributed by atoms with Crippen LogP contribution in [0.15, 0.2) is 12.7 Å². The molecule has 0 radical (unpaired) electrons. The zero-order valence-corrected chi connectivity index (χ0v) is 8.59. The van der Waals surface area contributed by atoms with E-state index in [-0.39, 0.29) is 5.97 Å². The van der Waals surface area contributed by atoms with E-state index in [0.29, 0.717) is 18.9 Å². The van der Waals surface area contributed by atoms with E-state index in [9.17, 15) is 4.79 Å². The van der Waals surface area contributed by atoms with Gasteiger partial charge in [-0.1, -0.05) is 26.8 Å². The molecule has 0 aromatic rings. The predicted octanol–water partition coefficient (Wildman–Crippen LogP) is 2.79. The predicted molar refractivity (Wildman–Crippen MR) is 52.0 cm³/mol. The lowest BCUT2D eigenvalue weighted by atomic mass is 10.2. The highest BCUT2D eigenvalue weighted by Gasteiger charge is 1.98. The van der Waals surface area contributed by atoms with Gasteiger partial charge in [0.2, 0.25) is 0 Å². The largest absolute Gasteiger partial charge is 0.465 e. The second-order valence-electron chi connectivity index (χ2n) is 2.84. The standard InChI is InChI=1S/C7H14O2.C3H6/c1-4-7(8)9-5-6(2)3;1-3-2/h6H,4-5H2,1-3H3;3H,1H2,2H3. The van der Waals surface area contributed by atoms with Crippen molar-refractivity contribution in [1.82, 2.24) is 0 Å². The first-order valence-electron chi connectivity index (χ1n) is 4.31. The fraction of sp³-hybridized carbons (Fsp3) is 0.700. The van der Waals surface area contributed by atoms with Crippen molar-refractivity contribution < 1.29 is 9.53 Å². The summed E-state index contributed by atoms with van der Waals surface area (Å²) in [5.41, 5.74) is 0. The Balaban J connectivity index is 0. The average Bonchev–Trinajstić information content (AvgIpc) is 2.01. The van der Waals surface area contributed by atoms with Crippen LogP contribution in [-0.2, 0) is 9.53 Å². The lowest BCUT2D eigenvalue weighted by Crippen LogP contribution is -2.07. The minimum Gasteiger partial charge on any atom is -0.465 e. The van der Waals surface area contributed by atoms with Gasteiger partial charge in [0.05, 0.1) is 6.61 Å². The van der Waals surface area contributed by atoms with Crippen LogP contribution in [0.5, 0.6) is 0 Å². The topological polar surface area (TPSA) is 26.3 Å². The fourth-order valence-electron chi connectivity index (χ4n) is 0.362. The zero-order chi connectivity index (χ0) is 9.98. The van der Waals surface area contributed by atoms with E-state index in [1.54, 1.807) is 13.0 Å². The van der Waals surface area contributed by atoms with E-state index in [4.69, 9.17) is 4.74 Å². The molecule has 0 aliphatic rings. The Labute approximate surface area is 75.6 Å². The number of allylic oxidation sites excluding steroid dienone is 1. The molecule has 72 valence electrons. The average molecular weight is 172 g/mol. The fourth-order valence-corrected chi connectivity index (χ4v) is 0.362. The Morgan fingerprint density at radius 2 is 2.00 bits per heavy atom. The highest BCUT2D eigenvalue weighted by atomic mass is 16.5. The van der Waals surface area contributed by atoms with Crippen LogP contribution < -0.4 is 0 Å². The van der Waals surface area contributed by atoms with Crippen molar-refractivity contribution in [3.8, 4) is 0 Å². The zero-order valence-electron chi connectivity index (χ0n) is 8.59. The number of carbonyl (C=O) groups excluding carboxylic acids is 1. The molecule has 0 fully saturated rings. The molecule has 0 rings (SSSR count). The molecule has 0 saturated heterocycles. The first-order valence-corrected chi connectivity index (χ1v) is 4.31. The number of carbonyl (C=O) groups is 1. The Hall–Kier alpha value is -0.790. The lowest BCUT2D eigenvalue weighted by molar-refractivity contribution is -0.144. The van der Waals surface area contributed by atoms with Crippen LogP contribution in [0.1, 0.15) is 34.1 Å². The molecule has 2 heteroatoms. The summed E-state index contributed by atoms with van der Waals surface area (Å²) < 4.78 is 4.81. The number of ether oxygens (including phenoxy) is 1. The van der Waals surface area contributed by atoms with E-state index < -0.39 is 0 Å². The quantitative estimate of drug-likeness (QED) is 0.483. The Bertz CT molecular complexity index is 117. The van der Waals surface area contributed by atoms with Gasteiger partial charge in [0, 0.05) is 6.42 Å². The van der Waals surface area contributed by atoms with E-state index in [0.717, 1.165) is 0 Å². The van der Waals surface area contributed by atoms with E-state index in [1.165, 1.54) is 0 Å². The lowest BCUT2D eigenvalue weighted by Gasteiger charge is -2.04. The molecule has 0 heterocycles. The SMILES string of the molecule is C=CC.CCC(=O)OCC(C)C. The van der Waals surface area contributed by atoms with Gasteiger partial charge < -0.3 is 4.74 Å². The highest BCUT2D eigenvalue weighted by Crippen LogP contribution is 1.93. The summed E-state index contributed by atoms with van der Waals surface area (Å²) in [6.07, 6.45) is 2.23. The van der Waals surface area contributed by atoms with Gasteiger partial charge in [-0.2, -0.15) is 0 Å². The Morgan fingerprint density at radius 3 is 2.25 bits per heavy atom. The van der Waals surface area contributed by atoms with Crippen molar-refractivity contribution in [2.75, 3.05) is 6.61 Å². The summed E-state index contributed by atoms with van der Waals surface area (Å²) in [6, 6.07) is 0. The van der Waals surface area contributed by atoms with Crippen LogP contribution in [0.3, 0.4) is 0 Å². The summed E-state index contributed by atoms with van der Waals surface area (Å²) in [7, 11) is 0. The maximum atomic E-state index is 10.5. The van der Waals surface area contributed by atoms with E-state index in [1.807, 2.05) is 20.8 Å². The van der Waals surface area contributed by atoms with Gasteiger partial charge in [-0.05, 0) is 12.8 Å². The summed E-state index contributed by atoms with van der Waals surface area (Å²) in [4.78, 5) is 10.5. The van der Waals surface area contributed by atoms with Crippen molar-refractivity contribution in [3.63, 3.8) is 0 Å². The van der Waals surface area contributed by atoms with E-state index in [2.05, 4.69) is 6.58 Å². The van der Waals surface area contributed by atoms with Gasteiger partial charge in [-0.15, -0.1) is 6.58 Å². The smallest absolute Gasteiger partial charge is 0.305 e. The third kappa shape index (κ3) is 16.1. The van der Waals surface area contributed by atoms with Crippen LogP contribution in [0.2, 0.25) is 0 Å². The van der Waals surface area contributed by atoms with Crippen molar-refractivity contribution in [3.05, 3.63) is 12.7 Å². The molecular weight excluding hydrogens is 152 g/mol. The maximum Gasteiger partial charge on any atom is 0.305 e. The van der Waals surface area contributed by atoms with Gasteiger partial charge in [0.15, 0.2) is 0 Å². The minimum absolute atomic E-state index is 0.108. The molecule has 0 saturated carbocycles. The van der Waals surface area contributed by atoms with Crippen molar-refractivity contribution in [2.24, 2.45) is 5.92 Å². The number of hydrogen-bond donors (Lipinski definition) is 0. The monoisotopic (exact) mass is 172 g/mol. The summed E-state index contributed by atoms with van der Waals surface area (Å²) >= 11 is 0. The molecule has 0 spiro atoms. The molecule has 2 nitrogen and oxygen atoms in total. The normalized spacial score (nSPS) is 8.42. The van der Waals surface area contributed by atoms with Gasteiger partial charge in [-0.25, -0.2) is 0 Å². The summed E-state index contributed by atoms with van der Waals surface area (Å²) in [5, 5.41) is 0. The van der Waals surface area contributed by atoms with Crippen molar-refractivity contribution >= 4 is 5.97 Å². The molecule has 0 aromatic carbocycles. The van der Waals surface area contributed by atoms with Crippen LogP contribution in [0.4, 0.5) is 0 Å².